The summed E-state index contributed by atoms with van der Waals surface area (Å²) in [5, 5.41) is 12.9. The minimum atomic E-state index is -0.790. The van der Waals surface area contributed by atoms with E-state index in [1.165, 1.54) is 12.3 Å². The fourth-order valence-corrected chi connectivity index (χ4v) is 2.24. The molecule has 1 saturated carbocycles. The number of pyridine rings is 1. The number of nitrogens with zero attached hydrogens (tertiary/aromatic N) is 1. The molecule has 1 aliphatic carbocycles. The van der Waals surface area contributed by atoms with Gasteiger partial charge >= 0.3 is 0 Å². The van der Waals surface area contributed by atoms with Gasteiger partial charge in [0.2, 0.25) is 5.95 Å². The highest BCUT2D eigenvalue weighted by molar-refractivity contribution is 5.93. The molecule has 1 heterocycles. The molecule has 0 aliphatic heterocycles. The van der Waals surface area contributed by atoms with Gasteiger partial charge in [-0.2, -0.15) is 4.39 Å². The van der Waals surface area contributed by atoms with E-state index in [1.807, 2.05) is 0 Å². The van der Waals surface area contributed by atoms with Crippen LogP contribution in [0.2, 0.25) is 0 Å². The van der Waals surface area contributed by atoms with Gasteiger partial charge in [-0.05, 0) is 25.0 Å². The lowest BCUT2D eigenvalue weighted by Crippen LogP contribution is -2.44. The zero-order valence-corrected chi connectivity index (χ0v) is 10.2. The first-order valence-corrected chi connectivity index (χ1v) is 6.21. The average molecular weight is 252 g/mol. The molecule has 1 aromatic heterocycles. The van der Waals surface area contributed by atoms with Crippen LogP contribution in [0.1, 0.15) is 42.5 Å². The first-order valence-electron chi connectivity index (χ1n) is 6.21. The molecule has 98 valence electrons. The van der Waals surface area contributed by atoms with Gasteiger partial charge < -0.3 is 10.4 Å². The molecule has 0 spiro atoms. The van der Waals surface area contributed by atoms with Gasteiger partial charge in [-0.25, -0.2) is 4.98 Å². The molecule has 1 amide bonds. The summed E-state index contributed by atoms with van der Waals surface area (Å²) in [5.74, 6) is -0.945. The molecule has 0 unspecified atom stereocenters. The summed E-state index contributed by atoms with van der Waals surface area (Å²) in [6.45, 7) is 0.239. The van der Waals surface area contributed by atoms with Gasteiger partial charge in [0.05, 0.1) is 11.2 Å². The van der Waals surface area contributed by atoms with Gasteiger partial charge in [-0.3, -0.25) is 4.79 Å². The number of carbonyl (C=O) groups excluding carboxylic acids is 1. The van der Waals surface area contributed by atoms with Crippen molar-refractivity contribution in [2.45, 2.75) is 37.7 Å². The normalized spacial score (nSPS) is 18.3. The van der Waals surface area contributed by atoms with Crippen LogP contribution in [0.4, 0.5) is 4.39 Å². The van der Waals surface area contributed by atoms with Crippen molar-refractivity contribution in [1.82, 2.24) is 10.3 Å². The van der Waals surface area contributed by atoms with E-state index in [4.69, 9.17) is 0 Å². The van der Waals surface area contributed by atoms with E-state index < -0.39 is 11.5 Å². The number of carbonyl (C=O) groups is 1. The van der Waals surface area contributed by atoms with Crippen LogP contribution in [-0.4, -0.2) is 28.1 Å². The molecule has 0 radical (unpaired) electrons. The molecule has 18 heavy (non-hydrogen) atoms. The Morgan fingerprint density at radius 2 is 2.11 bits per heavy atom. The summed E-state index contributed by atoms with van der Waals surface area (Å²) in [7, 11) is 0. The molecule has 0 saturated heterocycles. The van der Waals surface area contributed by atoms with Crippen LogP contribution in [0.3, 0.4) is 0 Å². The van der Waals surface area contributed by atoms with Gasteiger partial charge in [0.1, 0.15) is 0 Å². The van der Waals surface area contributed by atoms with Crippen molar-refractivity contribution in [2.75, 3.05) is 6.54 Å². The second kappa shape index (κ2) is 5.44. The Hall–Kier alpha value is -1.49. The summed E-state index contributed by atoms with van der Waals surface area (Å²) in [4.78, 5) is 15.2. The van der Waals surface area contributed by atoms with E-state index in [9.17, 15) is 14.3 Å². The lowest BCUT2D eigenvalue weighted by atomic mass is 9.85. The monoisotopic (exact) mass is 252 g/mol. The van der Waals surface area contributed by atoms with Gasteiger partial charge in [0.15, 0.2) is 0 Å². The van der Waals surface area contributed by atoms with Crippen LogP contribution in [0.5, 0.6) is 0 Å². The Morgan fingerprint density at radius 3 is 2.72 bits per heavy atom. The second-order valence-electron chi connectivity index (χ2n) is 4.84. The van der Waals surface area contributed by atoms with E-state index in [0.29, 0.717) is 5.56 Å². The smallest absolute Gasteiger partial charge is 0.252 e. The quantitative estimate of drug-likeness (QED) is 0.804. The topological polar surface area (TPSA) is 62.2 Å². The Labute approximate surface area is 105 Å². The summed E-state index contributed by atoms with van der Waals surface area (Å²) in [6, 6.07) is 2.52. The SMILES string of the molecule is O=C(NCC1(O)CCCCC1)c1ccc(F)nc1. The van der Waals surface area contributed by atoms with Gasteiger partial charge in [0.25, 0.3) is 5.91 Å². The molecule has 2 rings (SSSR count). The number of halogens is 1. The fraction of sp³-hybridized carbons (Fsp3) is 0.538. The molecule has 1 aliphatic rings. The molecule has 4 nitrogen and oxygen atoms in total. The third-order valence-electron chi connectivity index (χ3n) is 3.35. The minimum Gasteiger partial charge on any atom is -0.388 e. The fourth-order valence-electron chi connectivity index (χ4n) is 2.24. The molecule has 0 aromatic carbocycles. The van der Waals surface area contributed by atoms with E-state index in [2.05, 4.69) is 10.3 Å². The van der Waals surface area contributed by atoms with Crippen LogP contribution in [0, 0.1) is 5.95 Å². The lowest BCUT2D eigenvalue weighted by Gasteiger charge is -2.32. The van der Waals surface area contributed by atoms with E-state index in [1.54, 1.807) is 0 Å². The first-order chi connectivity index (χ1) is 8.59. The van der Waals surface area contributed by atoms with Crippen LogP contribution in [0.15, 0.2) is 18.3 Å². The Bertz CT molecular complexity index is 414. The van der Waals surface area contributed by atoms with Crippen molar-refractivity contribution >= 4 is 5.91 Å². The molecule has 5 heteroatoms. The molecule has 0 atom stereocenters. The van der Waals surface area contributed by atoms with Crippen LogP contribution >= 0.6 is 0 Å². The number of aliphatic hydroxyl groups is 1. The third-order valence-corrected chi connectivity index (χ3v) is 3.35. The minimum absolute atomic E-state index is 0.239. The number of aromatic nitrogens is 1. The van der Waals surface area contributed by atoms with Crippen molar-refractivity contribution in [2.24, 2.45) is 0 Å². The number of rotatable bonds is 3. The summed E-state index contributed by atoms with van der Waals surface area (Å²) >= 11 is 0. The molecule has 1 fully saturated rings. The summed E-state index contributed by atoms with van der Waals surface area (Å²) in [6.07, 6.45) is 5.74. The zero-order chi connectivity index (χ0) is 13.0. The van der Waals surface area contributed by atoms with E-state index >= 15 is 0 Å². The van der Waals surface area contributed by atoms with Crippen LogP contribution in [-0.2, 0) is 0 Å². The van der Waals surface area contributed by atoms with Crippen molar-refractivity contribution < 1.29 is 14.3 Å². The maximum atomic E-state index is 12.6. The van der Waals surface area contributed by atoms with Crippen molar-refractivity contribution in [3.8, 4) is 0 Å². The van der Waals surface area contributed by atoms with Gasteiger partial charge in [-0.1, -0.05) is 19.3 Å². The lowest BCUT2D eigenvalue weighted by molar-refractivity contribution is 0.00525. The highest BCUT2D eigenvalue weighted by atomic mass is 19.1. The number of hydrogen-bond donors (Lipinski definition) is 2. The predicted molar refractivity (Wildman–Crippen MR) is 64.6 cm³/mol. The highest BCUT2D eigenvalue weighted by Gasteiger charge is 2.29. The first kappa shape index (κ1) is 13.0. The Morgan fingerprint density at radius 1 is 1.39 bits per heavy atom. The van der Waals surface area contributed by atoms with E-state index in [-0.39, 0.29) is 12.5 Å². The second-order valence-corrected chi connectivity index (χ2v) is 4.84. The maximum absolute atomic E-state index is 12.6. The number of hydrogen-bond acceptors (Lipinski definition) is 3. The molecule has 0 bridgehead atoms. The maximum Gasteiger partial charge on any atom is 0.252 e. The summed E-state index contributed by atoms with van der Waals surface area (Å²) < 4.78 is 12.6. The van der Waals surface area contributed by atoms with Gasteiger partial charge in [-0.15, -0.1) is 0 Å². The molecule has 1 aromatic rings. The van der Waals surface area contributed by atoms with Crippen molar-refractivity contribution in [3.05, 3.63) is 29.8 Å². The molecular weight excluding hydrogens is 235 g/mol. The molecule has 2 N–H and O–H groups in total. The molecular formula is C13H17FN2O2. The predicted octanol–water partition coefficient (Wildman–Crippen LogP) is 1.65. The van der Waals surface area contributed by atoms with Crippen LogP contribution < -0.4 is 5.32 Å². The highest BCUT2D eigenvalue weighted by Crippen LogP contribution is 2.27. The largest absolute Gasteiger partial charge is 0.388 e. The Kier molecular flexibility index (Phi) is 3.91. The van der Waals surface area contributed by atoms with E-state index in [0.717, 1.165) is 38.2 Å². The van der Waals surface area contributed by atoms with Crippen molar-refractivity contribution in [1.29, 1.82) is 0 Å². The Balaban J connectivity index is 1.89. The average Bonchev–Trinajstić information content (AvgIpc) is 2.38. The van der Waals surface area contributed by atoms with Gasteiger partial charge in [0, 0.05) is 12.7 Å². The zero-order valence-electron chi connectivity index (χ0n) is 10.2. The van der Waals surface area contributed by atoms with Crippen LogP contribution in [0.25, 0.3) is 0 Å². The van der Waals surface area contributed by atoms with Crippen molar-refractivity contribution in [3.63, 3.8) is 0 Å². The standard InChI is InChI=1S/C13H17FN2O2/c14-11-5-4-10(8-15-11)12(17)16-9-13(18)6-2-1-3-7-13/h4-5,8,18H,1-3,6-7,9H2,(H,16,17). The third kappa shape index (κ3) is 3.26. The number of amides is 1. The number of nitrogens with one attached hydrogen (secondary N) is 1. The summed E-state index contributed by atoms with van der Waals surface area (Å²) in [5.41, 5.74) is -0.489.